The van der Waals surface area contributed by atoms with Crippen molar-refractivity contribution < 1.29 is 9.05 Å². The molecule has 1 heterocycles. The molecule has 2 aliphatic carbocycles. The molecule has 0 aromatic carbocycles. The Labute approximate surface area is 215 Å². The van der Waals surface area contributed by atoms with Gasteiger partial charge in [-0.05, 0) is 103 Å². The molecule has 34 heavy (non-hydrogen) atoms. The normalized spacial score (nSPS) is 39.0. The summed E-state index contributed by atoms with van der Waals surface area (Å²) in [5.41, 5.74) is 0.0563. The summed E-state index contributed by atoms with van der Waals surface area (Å²) in [6, 6.07) is 0. The highest BCUT2D eigenvalue weighted by Gasteiger charge is 2.61. The van der Waals surface area contributed by atoms with Crippen LogP contribution in [0.4, 0.5) is 0 Å². The summed E-state index contributed by atoms with van der Waals surface area (Å²) in [6.45, 7) is 28.5. The molecule has 4 nitrogen and oxygen atoms in total. The van der Waals surface area contributed by atoms with Gasteiger partial charge in [0.25, 0.3) is 0 Å². The molecule has 0 aromatic rings. The van der Waals surface area contributed by atoms with Crippen LogP contribution in [0.1, 0.15) is 122 Å². The third kappa shape index (κ3) is 6.57. The van der Waals surface area contributed by atoms with E-state index >= 15 is 0 Å². The fourth-order valence-corrected chi connectivity index (χ4v) is 11.9. The van der Waals surface area contributed by atoms with Gasteiger partial charge in [0.15, 0.2) is 0 Å². The van der Waals surface area contributed by atoms with Crippen LogP contribution in [-0.2, 0) is 9.05 Å². The molecule has 200 valence electrons. The summed E-state index contributed by atoms with van der Waals surface area (Å²) in [7, 11) is -1.66. The van der Waals surface area contributed by atoms with E-state index in [1.807, 2.05) is 0 Å². The molecule has 3 rings (SSSR count). The van der Waals surface area contributed by atoms with Crippen molar-refractivity contribution in [1.29, 1.82) is 0 Å². The predicted octanol–water partition coefficient (Wildman–Crippen LogP) is 9.61. The third-order valence-electron chi connectivity index (χ3n) is 8.23. The molecule has 0 unspecified atom stereocenters. The van der Waals surface area contributed by atoms with E-state index < -0.39 is 16.9 Å². The summed E-state index contributed by atoms with van der Waals surface area (Å²) >= 11 is 0. The molecule has 1 saturated heterocycles. The first-order valence-electron chi connectivity index (χ1n) is 14.1. The number of hydrogen-bond acceptors (Lipinski definition) is 4. The zero-order valence-electron chi connectivity index (χ0n) is 24.5. The molecule has 0 radical (unpaired) electrons. The van der Waals surface area contributed by atoms with E-state index in [0.29, 0.717) is 35.9 Å². The fourth-order valence-electron chi connectivity index (χ4n) is 6.18. The van der Waals surface area contributed by atoms with E-state index in [2.05, 4.69) is 92.0 Å². The van der Waals surface area contributed by atoms with Crippen molar-refractivity contribution in [3.8, 4) is 0 Å². The van der Waals surface area contributed by atoms with Crippen molar-refractivity contribution in [3.63, 3.8) is 0 Å². The summed E-state index contributed by atoms with van der Waals surface area (Å²) in [4.78, 5) is 0. The van der Waals surface area contributed by atoms with Gasteiger partial charge >= 0.3 is 0 Å². The maximum Gasteiger partial charge on any atom is 0.202 e. The Balaban J connectivity index is 1.88. The van der Waals surface area contributed by atoms with Crippen LogP contribution in [-0.4, -0.2) is 32.2 Å². The molecule has 2 saturated carbocycles. The van der Waals surface area contributed by atoms with Crippen LogP contribution in [0.15, 0.2) is 0 Å². The molecule has 6 heteroatoms. The molecule has 0 N–H and O–H groups in total. The lowest BCUT2D eigenvalue weighted by Crippen LogP contribution is -2.55. The summed E-state index contributed by atoms with van der Waals surface area (Å²) < 4.78 is 19.8. The molecular formula is C28H56N2O2P2. The number of nitrogens with zero attached hydrogens (tertiary/aromatic N) is 2. The highest BCUT2D eigenvalue weighted by molar-refractivity contribution is 7.78. The van der Waals surface area contributed by atoms with Gasteiger partial charge in [0.05, 0.1) is 12.2 Å². The number of hydrogen-bond donors (Lipinski definition) is 0. The Kier molecular flexibility index (Phi) is 9.65. The zero-order valence-corrected chi connectivity index (χ0v) is 26.3. The second-order valence-corrected chi connectivity index (χ2v) is 18.0. The lowest BCUT2D eigenvalue weighted by Gasteiger charge is -2.63. The second kappa shape index (κ2) is 11.2. The third-order valence-corrected chi connectivity index (χ3v) is 14.7. The van der Waals surface area contributed by atoms with Crippen LogP contribution >= 0.6 is 16.9 Å². The maximum atomic E-state index is 7.22. The first-order valence-corrected chi connectivity index (χ1v) is 16.5. The van der Waals surface area contributed by atoms with Crippen LogP contribution < -0.4 is 0 Å². The largest absolute Gasteiger partial charge is 0.327 e. The molecule has 3 aliphatic rings. The van der Waals surface area contributed by atoms with Crippen LogP contribution in [0.5, 0.6) is 0 Å². The van der Waals surface area contributed by atoms with E-state index in [0.717, 1.165) is 11.8 Å². The van der Waals surface area contributed by atoms with Gasteiger partial charge in [0.2, 0.25) is 16.9 Å². The van der Waals surface area contributed by atoms with Gasteiger partial charge in [0, 0.05) is 11.1 Å². The van der Waals surface area contributed by atoms with Crippen molar-refractivity contribution >= 4 is 16.9 Å². The van der Waals surface area contributed by atoms with Crippen molar-refractivity contribution in [3.05, 3.63) is 0 Å². The fraction of sp³-hybridized carbons (Fsp3) is 1.00. The molecule has 3 fully saturated rings. The monoisotopic (exact) mass is 514 g/mol. The minimum absolute atomic E-state index is 0.0282. The average molecular weight is 515 g/mol. The molecule has 0 bridgehead atoms. The van der Waals surface area contributed by atoms with Gasteiger partial charge in [-0.15, -0.1) is 0 Å². The van der Waals surface area contributed by atoms with E-state index in [1.54, 1.807) is 0 Å². The predicted molar refractivity (Wildman–Crippen MR) is 149 cm³/mol. The van der Waals surface area contributed by atoms with E-state index in [4.69, 9.17) is 9.05 Å². The van der Waals surface area contributed by atoms with Gasteiger partial charge in [-0.1, -0.05) is 54.4 Å². The topological polar surface area (TPSA) is 24.9 Å². The molecular weight excluding hydrogens is 458 g/mol. The average Bonchev–Trinajstić information content (AvgIpc) is 2.64. The van der Waals surface area contributed by atoms with E-state index in [1.165, 1.54) is 38.5 Å². The Morgan fingerprint density at radius 2 is 0.941 bits per heavy atom. The van der Waals surface area contributed by atoms with Gasteiger partial charge in [-0.3, -0.25) is 0 Å². The van der Waals surface area contributed by atoms with Crippen LogP contribution in [0.2, 0.25) is 0 Å². The standard InChI is InChI=1S/C28H56N2O2P2/c1-19(2)23-15-13-21(5)17-25(23)31-33-29(27(7,8)9)34(30(33)28(10,11)12)32-26-18-22(6)14-16-24(26)20(3)4/h19-26H,13-18H2,1-12H3/t21-,22-,23+,24+,25-,26-,33?,34?/m1/s1. The second-order valence-electron chi connectivity index (χ2n) is 14.4. The van der Waals surface area contributed by atoms with Gasteiger partial charge in [-0.2, -0.15) is 8.88 Å². The summed E-state index contributed by atoms with van der Waals surface area (Å²) in [5.74, 6) is 4.20. The summed E-state index contributed by atoms with van der Waals surface area (Å²) in [5, 5.41) is 0. The van der Waals surface area contributed by atoms with E-state index in [9.17, 15) is 0 Å². The van der Waals surface area contributed by atoms with Crippen molar-refractivity contribution in [2.75, 3.05) is 0 Å². The Morgan fingerprint density at radius 3 is 1.21 bits per heavy atom. The quantitative estimate of drug-likeness (QED) is 0.329. The van der Waals surface area contributed by atoms with Gasteiger partial charge in [-0.25, -0.2) is 0 Å². The molecule has 1 aliphatic heterocycles. The first kappa shape index (κ1) is 29.3. The highest BCUT2D eigenvalue weighted by Crippen LogP contribution is 2.83. The highest BCUT2D eigenvalue weighted by atomic mass is 31.3. The van der Waals surface area contributed by atoms with Gasteiger partial charge < -0.3 is 9.05 Å². The Hall–Kier alpha value is 0.700. The minimum Gasteiger partial charge on any atom is -0.327 e. The van der Waals surface area contributed by atoms with Crippen LogP contribution in [0.3, 0.4) is 0 Å². The molecule has 0 aromatic heterocycles. The van der Waals surface area contributed by atoms with Crippen molar-refractivity contribution in [1.82, 2.24) is 8.88 Å². The SMILES string of the molecule is CC(C)[C@@H]1CC[C@@H](C)C[C@H]1OP1N(C(C)(C)C)P(O[C@@H]2C[C@H](C)CC[C@H]2C(C)C)N1C(C)(C)C. The van der Waals surface area contributed by atoms with Crippen molar-refractivity contribution in [2.24, 2.45) is 35.5 Å². The van der Waals surface area contributed by atoms with Crippen LogP contribution in [0.25, 0.3) is 0 Å². The van der Waals surface area contributed by atoms with E-state index in [-0.39, 0.29) is 11.1 Å². The summed E-state index contributed by atoms with van der Waals surface area (Å²) in [6.07, 6.45) is 8.42. The molecule has 6 atom stereocenters. The van der Waals surface area contributed by atoms with Crippen molar-refractivity contribution in [2.45, 2.75) is 145 Å². The maximum absolute atomic E-state index is 7.22. The lowest BCUT2D eigenvalue weighted by atomic mass is 9.75. The smallest absolute Gasteiger partial charge is 0.202 e. The first-order chi connectivity index (χ1) is 15.6. The lowest BCUT2D eigenvalue weighted by molar-refractivity contribution is 0.0179. The zero-order chi connectivity index (χ0) is 25.6. The Morgan fingerprint density at radius 1 is 0.618 bits per heavy atom. The molecule has 0 spiro atoms. The Bertz CT molecular complexity index is 596. The van der Waals surface area contributed by atoms with Gasteiger partial charge in [0.1, 0.15) is 0 Å². The molecule has 0 amide bonds. The minimum atomic E-state index is -0.830. The van der Waals surface area contributed by atoms with Crippen LogP contribution in [0, 0.1) is 35.5 Å². The number of rotatable bonds is 6.